The van der Waals surface area contributed by atoms with Crippen LogP contribution in [0, 0.1) is 17.1 Å². The second-order valence-corrected chi connectivity index (χ2v) is 6.80. The maximum absolute atomic E-state index is 13.5. The van der Waals surface area contributed by atoms with Crippen molar-refractivity contribution >= 4 is 35.0 Å². The summed E-state index contributed by atoms with van der Waals surface area (Å²) < 4.78 is 18.9. The van der Waals surface area contributed by atoms with Gasteiger partial charge in [0.2, 0.25) is 11.1 Å². The van der Waals surface area contributed by atoms with E-state index in [1.165, 1.54) is 24.3 Å². The van der Waals surface area contributed by atoms with Crippen molar-refractivity contribution < 1.29 is 13.9 Å². The minimum absolute atomic E-state index is 0.00866. The van der Waals surface area contributed by atoms with Crippen molar-refractivity contribution in [2.75, 3.05) is 11.1 Å². The van der Waals surface area contributed by atoms with Gasteiger partial charge in [0, 0.05) is 5.02 Å². The maximum Gasteiger partial charge on any atom is 0.234 e. The Hall–Kier alpha value is -3.09. The summed E-state index contributed by atoms with van der Waals surface area (Å²) in [6, 6.07) is 12.6. The fraction of sp³-hybridized carbons (Fsp3) is 0.111. The first-order valence-electron chi connectivity index (χ1n) is 7.96. The normalized spacial score (nSPS) is 10.3. The molecule has 0 atom stereocenters. The van der Waals surface area contributed by atoms with Crippen molar-refractivity contribution in [3.05, 3.63) is 64.7 Å². The monoisotopic (exact) mass is 417 g/mol. The van der Waals surface area contributed by atoms with Gasteiger partial charge in [0.25, 0.3) is 0 Å². The summed E-state index contributed by atoms with van der Waals surface area (Å²) in [4.78, 5) is 16.3. The summed E-state index contributed by atoms with van der Waals surface area (Å²) in [5.74, 6) is -0.262. The molecular formula is C18H13ClFN5O2S. The molecule has 2 aromatic carbocycles. The Balaban J connectivity index is 1.52. The van der Waals surface area contributed by atoms with Crippen LogP contribution < -0.4 is 10.1 Å². The lowest BCUT2D eigenvalue weighted by molar-refractivity contribution is -0.113. The number of ether oxygens (including phenoxy) is 1. The summed E-state index contributed by atoms with van der Waals surface area (Å²) in [6.45, 7) is 0.00866. The van der Waals surface area contributed by atoms with Gasteiger partial charge in [-0.05, 0) is 30.3 Å². The zero-order chi connectivity index (χ0) is 19.9. The highest BCUT2D eigenvalue weighted by Crippen LogP contribution is 2.21. The van der Waals surface area contributed by atoms with Gasteiger partial charge in [0.15, 0.2) is 17.4 Å². The van der Waals surface area contributed by atoms with E-state index in [0.717, 1.165) is 11.8 Å². The Morgan fingerprint density at radius 1 is 1.36 bits per heavy atom. The van der Waals surface area contributed by atoms with E-state index in [4.69, 9.17) is 21.6 Å². The lowest BCUT2D eigenvalue weighted by Gasteiger charge is -2.06. The molecule has 2 N–H and O–H groups in total. The third-order valence-corrected chi connectivity index (χ3v) is 4.50. The van der Waals surface area contributed by atoms with Crippen LogP contribution >= 0.6 is 23.4 Å². The first-order chi connectivity index (χ1) is 13.5. The Morgan fingerprint density at radius 2 is 2.18 bits per heavy atom. The van der Waals surface area contributed by atoms with Crippen LogP contribution in [0.3, 0.4) is 0 Å². The number of para-hydroxylation sites is 1. The molecule has 0 aliphatic carbocycles. The number of nitrogens with zero attached hydrogens (tertiary/aromatic N) is 3. The third kappa shape index (κ3) is 5.22. The highest BCUT2D eigenvalue weighted by molar-refractivity contribution is 7.99. The first-order valence-corrected chi connectivity index (χ1v) is 9.32. The van der Waals surface area contributed by atoms with E-state index in [-0.39, 0.29) is 24.0 Å². The van der Waals surface area contributed by atoms with Crippen LogP contribution in [0.4, 0.5) is 10.1 Å². The van der Waals surface area contributed by atoms with Crippen molar-refractivity contribution in [2.24, 2.45) is 0 Å². The molecule has 1 amide bonds. The number of nitrogens with one attached hydrogen (secondary N) is 2. The summed E-state index contributed by atoms with van der Waals surface area (Å²) >= 11 is 6.99. The number of carbonyl (C=O) groups excluding carboxylic acids is 1. The summed E-state index contributed by atoms with van der Waals surface area (Å²) in [5, 5.41) is 19.1. The van der Waals surface area contributed by atoms with Crippen molar-refractivity contribution in [1.29, 1.82) is 5.26 Å². The SMILES string of the molecule is N#Cc1ccc(Cl)cc1NC(=O)CSc1n[nH]c(COc2ccccc2F)n1. The number of benzene rings is 2. The van der Waals surface area contributed by atoms with Gasteiger partial charge in [-0.15, -0.1) is 5.10 Å². The standard InChI is InChI=1S/C18H13ClFN5O2S/c19-12-6-5-11(8-21)14(7-12)22-17(26)10-28-18-23-16(24-25-18)9-27-15-4-2-1-3-13(15)20/h1-7H,9-10H2,(H,22,26)(H,23,24,25). The molecule has 28 heavy (non-hydrogen) atoms. The second-order valence-electron chi connectivity index (χ2n) is 5.42. The molecule has 1 aromatic heterocycles. The van der Waals surface area contributed by atoms with Crippen molar-refractivity contribution in [3.8, 4) is 11.8 Å². The van der Waals surface area contributed by atoms with Crippen LogP contribution in [0.15, 0.2) is 47.6 Å². The Labute approximate surface area is 168 Å². The Bertz CT molecular complexity index is 1040. The van der Waals surface area contributed by atoms with Gasteiger partial charge in [-0.1, -0.05) is 35.5 Å². The van der Waals surface area contributed by atoms with Crippen LogP contribution in [0.1, 0.15) is 11.4 Å². The first kappa shape index (κ1) is 19.7. The molecule has 0 spiro atoms. The smallest absolute Gasteiger partial charge is 0.234 e. The number of hydrogen-bond donors (Lipinski definition) is 2. The van der Waals surface area contributed by atoms with Crippen LogP contribution in [0.25, 0.3) is 0 Å². The number of H-pyrrole nitrogens is 1. The fourth-order valence-corrected chi connectivity index (χ4v) is 2.94. The predicted molar refractivity (Wildman–Crippen MR) is 103 cm³/mol. The molecule has 0 aliphatic rings. The van der Waals surface area contributed by atoms with E-state index in [2.05, 4.69) is 20.5 Å². The number of carbonyl (C=O) groups is 1. The number of amides is 1. The van der Waals surface area contributed by atoms with Crippen LogP contribution in [-0.2, 0) is 11.4 Å². The second kappa shape index (κ2) is 9.21. The van der Waals surface area contributed by atoms with Crippen LogP contribution in [-0.4, -0.2) is 26.8 Å². The number of aromatic amines is 1. The van der Waals surface area contributed by atoms with Gasteiger partial charge in [0.1, 0.15) is 12.7 Å². The predicted octanol–water partition coefficient (Wildman–Crippen LogP) is 3.78. The van der Waals surface area contributed by atoms with E-state index >= 15 is 0 Å². The molecule has 0 aliphatic heterocycles. The van der Waals surface area contributed by atoms with Crippen LogP contribution in [0.2, 0.25) is 5.02 Å². The quantitative estimate of drug-likeness (QED) is 0.567. The number of hydrogen-bond acceptors (Lipinski definition) is 6. The van der Waals surface area contributed by atoms with Gasteiger partial charge in [0.05, 0.1) is 17.0 Å². The van der Waals surface area contributed by atoms with Crippen molar-refractivity contribution in [1.82, 2.24) is 15.2 Å². The minimum atomic E-state index is -0.467. The average molecular weight is 418 g/mol. The number of aromatic nitrogens is 3. The van der Waals surface area contributed by atoms with Crippen LogP contribution in [0.5, 0.6) is 5.75 Å². The van der Waals surface area contributed by atoms with E-state index < -0.39 is 5.82 Å². The van der Waals surface area contributed by atoms with Gasteiger partial charge in [-0.2, -0.15) is 5.26 Å². The highest BCUT2D eigenvalue weighted by atomic mass is 35.5. The topological polar surface area (TPSA) is 104 Å². The highest BCUT2D eigenvalue weighted by Gasteiger charge is 2.11. The lowest BCUT2D eigenvalue weighted by Crippen LogP contribution is -2.15. The third-order valence-electron chi connectivity index (χ3n) is 3.42. The van der Waals surface area contributed by atoms with Gasteiger partial charge >= 0.3 is 0 Å². The minimum Gasteiger partial charge on any atom is -0.483 e. The lowest BCUT2D eigenvalue weighted by atomic mass is 10.2. The number of halogens is 2. The van der Waals surface area contributed by atoms with E-state index in [0.29, 0.717) is 27.3 Å². The molecule has 3 rings (SSSR count). The van der Waals surface area contributed by atoms with Crippen molar-refractivity contribution in [2.45, 2.75) is 11.8 Å². The average Bonchev–Trinajstić information content (AvgIpc) is 3.14. The molecular weight excluding hydrogens is 405 g/mol. The fourth-order valence-electron chi connectivity index (χ4n) is 2.15. The molecule has 0 radical (unpaired) electrons. The number of nitriles is 1. The number of thioether (sulfide) groups is 1. The molecule has 0 bridgehead atoms. The van der Waals surface area contributed by atoms with E-state index in [1.54, 1.807) is 18.2 Å². The summed E-state index contributed by atoms with van der Waals surface area (Å²) in [7, 11) is 0. The van der Waals surface area contributed by atoms with Gasteiger partial charge in [-0.25, -0.2) is 9.37 Å². The number of anilines is 1. The molecule has 0 saturated heterocycles. The molecule has 142 valence electrons. The van der Waals surface area contributed by atoms with Crippen molar-refractivity contribution in [3.63, 3.8) is 0 Å². The summed E-state index contributed by atoms with van der Waals surface area (Å²) in [6.07, 6.45) is 0. The molecule has 3 aromatic rings. The molecule has 0 fully saturated rings. The van der Waals surface area contributed by atoms with E-state index in [1.807, 2.05) is 6.07 Å². The molecule has 10 heteroatoms. The molecule has 0 saturated carbocycles. The largest absolute Gasteiger partial charge is 0.483 e. The summed E-state index contributed by atoms with van der Waals surface area (Å²) in [5.41, 5.74) is 0.655. The van der Waals surface area contributed by atoms with Gasteiger partial charge < -0.3 is 10.1 Å². The Morgan fingerprint density at radius 3 is 2.96 bits per heavy atom. The maximum atomic E-state index is 13.5. The molecule has 7 nitrogen and oxygen atoms in total. The zero-order valence-corrected chi connectivity index (χ0v) is 15.9. The Kier molecular flexibility index (Phi) is 6.47. The van der Waals surface area contributed by atoms with Gasteiger partial charge in [-0.3, -0.25) is 9.89 Å². The number of rotatable bonds is 7. The zero-order valence-electron chi connectivity index (χ0n) is 14.3. The van der Waals surface area contributed by atoms with E-state index in [9.17, 15) is 9.18 Å². The molecule has 0 unspecified atom stereocenters. The molecule has 1 heterocycles.